The van der Waals surface area contributed by atoms with Crippen molar-refractivity contribution in [3.63, 3.8) is 0 Å². The van der Waals surface area contributed by atoms with Gasteiger partial charge < -0.3 is 10.4 Å². The van der Waals surface area contributed by atoms with E-state index in [1.165, 1.54) is 12.3 Å². The number of aromatic nitrogens is 1. The number of nitrogens with one attached hydrogen (secondary N) is 1. The largest absolute Gasteiger partial charge is 0.480 e. The third-order valence-electron chi connectivity index (χ3n) is 2.81. The maximum absolute atomic E-state index is 11.9. The summed E-state index contributed by atoms with van der Waals surface area (Å²) in [5.74, 6) is -1.09. The van der Waals surface area contributed by atoms with Gasteiger partial charge in [-0.2, -0.15) is 0 Å². The quantitative estimate of drug-likeness (QED) is 0.837. The van der Waals surface area contributed by atoms with Gasteiger partial charge >= 0.3 is 5.97 Å². The Hall–Kier alpha value is -1.37. The monoisotopic (exact) mass is 317 g/mol. The molecule has 0 saturated heterocycles. The molecule has 0 atom stereocenters. The second kappa shape index (κ2) is 6.39. The lowest BCUT2D eigenvalue weighted by Gasteiger charge is -2.18. The highest BCUT2D eigenvalue weighted by Gasteiger charge is 2.31. The van der Waals surface area contributed by atoms with Crippen molar-refractivity contribution in [2.45, 2.75) is 18.9 Å². The minimum atomic E-state index is -0.952. The third kappa shape index (κ3) is 4.33. The molecule has 0 unspecified atom stereocenters. The van der Waals surface area contributed by atoms with E-state index in [-0.39, 0.29) is 35.9 Å². The van der Waals surface area contributed by atoms with Crippen LogP contribution in [0.4, 0.5) is 5.82 Å². The minimum absolute atomic E-state index is 0.00238. The molecule has 1 aliphatic rings. The van der Waals surface area contributed by atoms with Crippen LogP contribution in [-0.2, 0) is 9.59 Å². The average molecular weight is 318 g/mol. The van der Waals surface area contributed by atoms with Crippen LogP contribution in [0.1, 0.15) is 12.8 Å². The van der Waals surface area contributed by atoms with Gasteiger partial charge in [0.25, 0.3) is 0 Å². The predicted molar refractivity (Wildman–Crippen MR) is 75.1 cm³/mol. The number of carboxylic acids is 1. The highest BCUT2D eigenvalue weighted by molar-refractivity contribution is 6.36. The van der Waals surface area contributed by atoms with Crippen molar-refractivity contribution in [1.82, 2.24) is 9.88 Å². The molecule has 20 heavy (non-hydrogen) atoms. The molecule has 2 N–H and O–H groups in total. The molecule has 8 heteroatoms. The number of rotatable bonds is 6. The lowest BCUT2D eigenvalue weighted by Crippen LogP contribution is -2.38. The van der Waals surface area contributed by atoms with Crippen LogP contribution < -0.4 is 5.32 Å². The van der Waals surface area contributed by atoms with E-state index in [2.05, 4.69) is 10.3 Å². The predicted octanol–water partition coefficient (Wildman–Crippen LogP) is 1.88. The van der Waals surface area contributed by atoms with Crippen LogP contribution in [0.15, 0.2) is 12.3 Å². The van der Waals surface area contributed by atoms with Crippen molar-refractivity contribution in [2.24, 2.45) is 0 Å². The minimum Gasteiger partial charge on any atom is -0.480 e. The molecule has 0 radical (unpaired) electrons. The fraction of sp³-hybridized carbons (Fsp3) is 0.417. The number of aliphatic carboxylic acids is 1. The molecule has 1 aromatic heterocycles. The normalized spacial score (nSPS) is 14.3. The van der Waals surface area contributed by atoms with Crippen molar-refractivity contribution in [3.8, 4) is 0 Å². The van der Waals surface area contributed by atoms with Gasteiger partial charge in [0, 0.05) is 12.2 Å². The fourth-order valence-corrected chi connectivity index (χ4v) is 2.22. The van der Waals surface area contributed by atoms with E-state index in [0.717, 1.165) is 12.8 Å². The molecular weight excluding hydrogens is 305 g/mol. The second-order valence-electron chi connectivity index (χ2n) is 4.56. The Morgan fingerprint density at radius 3 is 2.65 bits per heavy atom. The third-order valence-corrected chi connectivity index (χ3v) is 3.31. The van der Waals surface area contributed by atoms with E-state index in [1.807, 2.05) is 0 Å². The molecule has 0 spiro atoms. The summed E-state index contributed by atoms with van der Waals surface area (Å²) in [4.78, 5) is 28.2. The highest BCUT2D eigenvalue weighted by atomic mass is 35.5. The Balaban J connectivity index is 1.95. The molecule has 2 rings (SSSR count). The zero-order chi connectivity index (χ0) is 14.7. The Kier molecular flexibility index (Phi) is 4.80. The first-order chi connectivity index (χ1) is 9.45. The number of pyridine rings is 1. The summed E-state index contributed by atoms with van der Waals surface area (Å²) in [5, 5.41) is 12.0. The molecule has 0 aromatic carbocycles. The van der Waals surface area contributed by atoms with E-state index in [1.54, 1.807) is 4.90 Å². The smallest absolute Gasteiger partial charge is 0.317 e. The van der Waals surface area contributed by atoms with E-state index in [9.17, 15) is 9.59 Å². The lowest BCUT2D eigenvalue weighted by atomic mass is 10.4. The Morgan fingerprint density at radius 2 is 2.10 bits per heavy atom. The molecule has 0 aliphatic heterocycles. The standard InChI is InChI=1S/C12H13Cl2N3O3/c13-7-3-9(14)12(15-4-7)16-10(18)5-17(6-11(19)20)8-1-2-8/h3-4,8H,1-2,5-6H2,(H,19,20)(H,15,16,18). The topological polar surface area (TPSA) is 82.5 Å². The molecule has 1 amide bonds. The van der Waals surface area contributed by atoms with Gasteiger partial charge in [0.1, 0.15) is 0 Å². The molecule has 1 saturated carbocycles. The van der Waals surface area contributed by atoms with Gasteiger partial charge in [-0.3, -0.25) is 14.5 Å². The van der Waals surface area contributed by atoms with Crippen molar-refractivity contribution in [2.75, 3.05) is 18.4 Å². The molecule has 1 heterocycles. The number of anilines is 1. The zero-order valence-electron chi connectivity index (χ0n) is 10.5. The van der Waals surface area contributed by atoms with Gasteiger partial charge in [0.2, 0.25) is 5.91 Å². The second-order valence-corrected chi connectivity index (χ2v) is 5.41. The van der Waals surface area contributed by atoms with E-state index < -0.39 is 5.97 Å². The first kappa shape index (κ1) is 15.0. The molecule has 1 fully saturated rings. The van der Waals surface area contributed by atoms with Crippen molar-refractivity contribution >= 4 is 40.9 Å². The van der Waals surface area contributed by atoms with E-state index in [0.29, 0.717) is 5.02 Å². The van der Waals surface area contributed by atoms with Gasteiger partial charge in [0.15, 0.2) is 5.82 Å². The number of halogens is 2. The Labute approximate surface area is 125 Å². The summed E-state index contributed by atoms with van der Waals surface area (Å²) in [6.45, 7) is -0.155. The van der Waals surface area contributed by atoms with Crippen LogP contribution in [0.2, 0.25) is 10.0 Å². The molecule has 108 valence electrons. The molecule has 6 nitrogen and oxygen atoms in total. The number of carbonyl (C=O) groups excluding carboxylic acids is 1. The number of amides is 1. The number of carboxylic acid groups (broad SMARTS) is 1. The molecule has 1 aliphatic carbocycles. The summed E-state index contributed by atoms with van der Waals surface area (Å²) >= 11 is 11.6. The van der Waals surface area contributed by atoms with Crippen molar-refractivity contribution in [1.29, 1.82) is 0 Å². The van der Waals surface area contributed by atoms with Crippen LogP contribution in [0, 0.1) is 0 Å². The first-order valence-electron chi connectivity index (χ1n) is 6.02. The molecular formula is C12H13Cl2N3O3. The van der Waals surface area contributed by atoms with E-state index >= 15 is 0 Å². The average Bonchev–Trinajstić information content (AvgIpc) is 3.15. The van der Waals surface area contributed by atoms with Gasteiger partial charge in [0.05, 0.1) is 23.1 Å². The summed E-state index contributed by atoms with van der Waals surface area (Å²) in [5.41, 5.74) is 0. The van der Waals surface area contributed by atoms with Crippen LogP contribution in [0.3, 0.4) is 0 Å². The summed E-state index contributed by atoms with van der Waals surface area (Å²) < 4.78 is 0. The van der Waals surface area contributed by atoms with Gasteiger partial charge in [-0.1, -0.05) is 23.2 Å². The number of nitrogens with zero attached hydrogens (tertiary/aromatic N) is 2. The highest BCUT2D eigenvalue weighted by Crippen LogP contribution is 2.27. The van der Waals surface area contributed by atoms with Gasteiger partial charge in [-0.05, 0) is 18.9 Å². The lowest BCUT2D eigenvalue weighted by molar-refractivity contribution is -0.138. The number of hydrogen-bond donors (Lipinski definition) is 2. The van der Waals surface area contributed by atoms with Crippen molar-refractivity contribution < 1.29 is 14.7 Å². The van der Waals surface area contributed by atoms with Crippen molar-refractivity contribution in [3.05, 3.63) is 22.3 Å². The van der Waals surface area contributed by atoms with Gasteiger partial charge in [-0.25, -0.2) is 4.98 Å². The summed E-state index contributed by atoms with van der Waals surface area (Å²) in [7, 11) is 0. The van der Waals surface area contributed by atoms with Crippen LogP contribution in [0.25, 0.3) is 0 Å². The molecule has 1 aromatic rings. The maximum Gasteiger partial charge on any atom is 0.317 e. The van der Waals surface area contributed by atoms with Crippen LogP contribution >= 0.6 is 23.2 Å². The Bertz CT molecular complexity index is 535. The number of hydrogen-bond acceptors (Lipinski definition) is 4. The SMILES string of the molecule is O=C(O)CN(CC(=O)Nc1ncc(Cl)cc1Cl)C1CC1. The van der Waals surface area contributed by atoms with Crippen LogP contribution in [0.5, 0.6) is 0 Å². The summed E-state index contributed by atoms with van der Waals surface area (Å²) in [6, 6.07) is 1.65. The fourth-order valence-electron chi connectivity index (χ4n) is 1.79. The van der Waals surface area contributed by atoms with Gasteiger partial charge in [-0.15, -0.1) is 0 Å². The number of carbonyl (C=O) groups is 2. The maximum atomic E-state index is 11.9. The van der Waals surface area contributed by atoms with Crippen LogP contribution in [-0.4, -0.2) is 46.0 Å². The Morgan fingerprint density at radius 1 is 1.40 bits per heavy atom. The summed E-state index contributed by atoms with van der Waals surface area (Å²) in [6.07, 6.45) is 3.21. The van der Waals surface area contributed by atoms with E-state index in [4.69, 9.17) is 28.3 Å². The first-order valence-corrected chi connectivity index (χ1v) is 6.78. The molecule has 0 bridgehead atoms. The zero-order valence-corrected chi connectivity index (χ0v) is 12.0.